The van der Waals surface area contributed by atoms with Crippen LogP contribution in [0, 0.1) is 0 Å². The smallest absolute Gasteiger partial charge is 0.279 e. The van der Waals surface area contributed by atoms with Crippen LogP contribution in [0.5, 0.6) is 0 Å². The molecule has 3 aromatic rings. The first-order chi connectivity index (χ1) is 9.83. The SMILES string of the molecule is O=C(Nc1cnccn1)c1cc(-c2cccnc2)on1. The maximum atomic E-state index is 11.9. The van der Waals surface area contributed by atoms with Crippen molar-refractivity contribution >= 4 is 11.7 Å². The zero-order valence-corrected chi connectivity index (χ0v) is 10.2. The molecule has 0 fully saturated rings. The van der Waals surface area contributed by atoms with Crippen LogP contribution in [0.25, 0.3) is 11.3 Å². The highest BCUT2D eigenvalue weighted by atomic mass is 16.5. The fraction of sp³-hybridized carbons (Fsp3) is 0. The number of aromatic nitrogens is 4. The average Bonchev–Trinajstić information content (AvgIpc) is 2.99. The van der Waals surface area contributed by atoms with Crippen molar-refractivity contribution in [2.45, 2.75) is 0 Å². The molecule has 0 aliphatic carbocycles. The number of anilines is 1. The molecule has 20 heavy (non-hydrogen) atoms. The summed E-state index contributed by atoms with van der Waals surface area (Å²) in [7, 11) is 0. The molecule has 0 saturated heterocycles. The van der Waals surface area contributed by atoms with Gasteiger partial charge in [0.05, 0.1) is 6.20 Å². The third-order valence-electron chi connectivity index (χ3n) is 2.49. The molecule has 0 aliphatic rings. The van der Waals surface area contributed by atoms with E-state index < -0.39 is 5.91 Å². The first-order valence-corrected chi connectivity index (χ1v) is 5.77. The van der Waals surface area contributed by atoms with Crippen LogP contribution in [-0.2, 0) is 0 Å². The van der Waals surface area contributed by atoms with Crippen molar-refractivity contribution < 1.29 is 9.32 Å². The van der Waals surface area contributed by atoms with E-state index in [1.54, 1.807) is 24.5 Å². The molecule has 98 valence electrons. The van der Waals surface area contributed by atoms with Gasteiger partial charge in [0.15, 0.2) is 17.3 Å². The predicted octanol–water partition coefficient (Wildman–Crippen LogP) is 1.78. The Hall–Kier alpha value is -3.09. The molecule has 7 heteroatoms. The minimum atomic E-state index is -0.413. The van der Waals surface area contributed by atoms with Crippen molar-refractivity contribution in [3.05, 3.63) is 54.9 Å². The van der Waals surface area contributed by atoms with Crippen LogP contribution < -0.4 is 5.32 Å². The monoisotopic (exact) mass is 267 g/mol. The fourth-order valence-electron chi connectivity index (χ4n) is 1.57. The minimum absolute atomic E-state index is 0.162. The summed E-state index contributed by atoms with van der Waals surface area (Å²) in [5.74, 6) is 0.412. The van der Waals surface area contributed by atoms with Gasteiger partial charge in [0.2, 0.25) is 0 Å². The molecule has 0 unspecified atom stereocenters. The number of hydrogen-bond acceptors (Lipinski definition) is 6. The van der Waals surface area contributed by atoms with Gasteiger partial charge < -0.3 is 9.84 Å². The van der Waals surface area contributed by atoms with Crippen LogP contribution in [0.15, 0.2) is 53.7 Å². The maximum absolute atomic E-state index is 11.9. The Labute approximate surface area is 113 Å². The van der Waals surface area contributed by atoms with Crippen molar-refractivity contribution in [1.82, 2.24) is 20.1 Å². The third kappa shape index (κ3) is 2.51. The van der Waals surface area contributed by atoms with Gasteiger partial charge in [-0.1, -0.05) is 5.16 Å². The average molecular weight is 267 g/mol. The molecule has 3 heterocycles. The molecule has 7 nitrogen and oxygen atoms in total. The topological polar surface area (TPSA) is 93.8 Å². The van der Waals surface area contributed by atoms with E-state index in [4.69, 9.17) is 4.52 Å². The molecule has 0 atom stereocenters. The normalized spacial score (nSPS) is 10.2. The fourth-order valence-corrected chi connectivity index (χ4v) is 1.57. The second-order valence-corrected chi connectivity index (χ2v) is 3.86. The molecule has 0 aliphatic heterocycles. The third-order valence-corrected chi connectivity index (χ3v) is 2.49. The first-order valence-electron chi connectivity index (χ1n) is 5.77. The van der Waals surface area contributed by atoms with E-state index in [-0.39, 0.29) is 5.69 Å². The highest BCUT2D eigenvalue weighted by Gasteiger charge is 2.14. The second-order valence-electron chi connectivity index (χ2n) is 3.86. The second kappa shape index (κ2) is 5.27. The van der Waals surface area contributed by atoms with Gasteiger partial charge in [-0.25, -0.2) is 4.98 Å². The largest absolute Gasteiger partial charge is 0.355 e. The zero-order chi connectivity index (χ0) is 13.8. The van der Waals surface area contributed by atoms with Crippen LogP contribution in [0.3, 0.4) is 0 Å². The van der Waals surface area contributed by atoms with E-state index in [1.165, 1.54) is 18.6 Å². The Balaban J connectivity index is 1.79. The number of carbonyl (C=O) groups excluding carboxylic acids is 1. The van der Waals surface area contributed by atoms with E-state index in [1.807, 2.05) is 6.07 Å². The summed E-state index contributed by atoms with van der Waals surface area (Å²) in [6.07, 6.45) is 7.73. The van der Waals surface area contributed by atoms with Crippen LogP contribution in [0.2, 0.25) is 0 Å². The molecule has 1 amide bonds. The summed E-state index contributed by atoms with van der Waals surface area (Å²) in [6.45, 7) is 0. The van der Waals surface area contributed by atoms with Crippen LogP contribution in [0.4, 0.5) is 5.82 Å². The zero-order valence-electron chi connectivity index (χ0n) is 10.2. The molecule has 1 N–H and O–H groups in total. The van der Waals surface area contributed by atoms with Gasteiger partial charge in [-0.3, -0.25) is 14.8 Å². The molecule has 0 aromatic carbocycles. The summed E-state index contributed by atoms with van der Waals surface area (Å²) in [5, 5.41) is 6.30. The Morgan fingerprint density at radius 2 is 2.05 bits per heavy atom. The standard InChI is InChI=1S/C13H9N5O2/c19-13(17-12-8-15-4-5-16-12)10-6-11(20-18-10)9-2-1-3-14-7-9/h1-8H,(H,16,17,19). The molecular formula is C13H9N5O2. The summed E-state index contributed by atoms with van der Waals surface area (Å²) in [4.78, 5) is 23.7. The number of rotatable bonds is 3. The predicted molar refractivity (Wildman–Crippen MR) is 69.7 cm³/mol. The lowest BCUT2D eigenvalue weighted by Gasteiger charge is -1.99. The Bertz CT molecular complexity index is 712. The Morgan fingerprint density at radius 3 is 2.80 bits per heavy atom. The molecule has 3 rings (SSSR count). The number of carbonyl (C=O) groups is 1. The maximum Gasteiger partial charge on any atom is 0.279 e. The molecule has 0 bridgehead atoms. The summed E-state index contributed by atoms with van der Waals surface area (Å²) >= 11 is 0. The van der Waals surface area contributed by atoms with Gasteiger partial charge >= 0.3 is 0 Å². The van der Waals surface area contributed by atoms with Gasteiger partial charge in [0.1, 0.15) is 0 Å². The lowest BCUT2D eigenvalue weighted by atomic mass is 10.2. The van der Waals surface area contributed by atoms with Crippen molar-refractivity contribution in [1.29, 1.82) is 0 Å². The van der Waals surface area contributed by atoms with E-state index >= 15 is 0 Å². The summed E-state index contributed by atoms with van der Waals surface area (Å²) in [5.41, 5.74) is 0.910. The van der Waals surface area contributed by atoms with E-state index in [0.717, 1.165) is 5.56 Å². The molecule has 0 radical (unpaired) electrons. The quantitative estimate of drug-likeness (QED) is 0.777. The van der Waals surface area contributed by atoms with Gasteiger partial charge in [-0.2, -0.15) is 0 Å². The van der Waals surface area contributed by atoms with Gasteiger partial charge in [0, 0.05) is 36.4 Å². The van der Waals surface area contributed by atoms with Gasteiger partial charge in [-0.15, -0.1) is 0 Å². The Morgan fingerprint density at radius 1 is 1.15 bits per heavy atom. The number of nitrogens with zero attached hydrogens (tertiary/aromatic N) is 4. The molecule has 0 saturated carbocycles. The van der Waals surface area contributed by atoms with E-state index in [0.29, 0.717) is 11.6 Å². The lowest BCUT2D eigenvalue weighted by molar-refractivity contribution is 0.101. The van der Waals surface area contributed by atoms with Crippen LogP contribution in [-0.4, -0.2) is 26.0 Å². The number of nitrogens with one attached hydrogen (secondary N) is 1. The van der Waals surface area contributed by atoms with Crippen molar-refractivity contribution in [3.8, 4) is 11.3 Å². The summed E-state index contributed by atoms with van der Waals surface area (Å²) < 4.78 is 5.12. The van der Waals surface area contributed by atoms with Crippen molar-refractivity contribution in [2.24, 2.45) is 0 Å². The highest BCUT2D eigenvalue weighted by Crippen LogP contribution is 2.19. The number of pyridine rings is 1. The van der Waals surface area contributed by atoms with Crippen molar-refractivity contribution in [2.75, 3.05) is 5.32 Å². The highest BCUT2D eigenvalue weighted by molar-refractivity contribution is 6.02. The first kappa shape index (κ1) is 12.0. The Kier molecular flexibility index (Phi) is 3.15. The number of amides is 1. The number of hydrogen-bond donors (Lipinski definition) is 1. The lowest BCUT2D eigenvalue weighted by Crippen LogP contribution is -2.13. The minimum Gasteiger partial charge on any atom is -0.355 e. The van der Waals surface area contributed by atoms with Crippen molar-refractivity contribution in [3.63, 3.8) is 0 Å². The molecule has 0 spiro atoms. The molecular weight excluding hydrogens is 258 g/mol. The van der Waals surface area contributed by atoms with E-state index in [9.17, 15) is 4.79 Å². The van der Waals surface area contributed by atoms with Gasteiger partial charge in [-0.05, 0) is 12.1 Å². The summed E-state index contributed by atoms with van der Waals surface area (Å²) in [6, 6.07) is 5.14. The molecule has 3 aromatic heterocycles. The van der Waals surface area contributed by atoms with Crippen LogP contribution >= 0.6 is 0 Å². The van der Waals surface area contributed by atoms with Gasteiger partial charge in [0.25, 0.3) is 5.91 Å². The van der Waals surface area contributed by atoms with E-state index in [2.05, 4.69) is 25.4 Å². The van der Waals surface area contributed by atoms with Crippen LogP contribution in [0.1, 0.15) is 10.5 Å².